The molecule has 0 unspecified atom stereocenters. The maximum Gasteiger partial charge on any atom is 0.255 e. The Kier molecular flexibility index (Phi) is 5.87. The second-order valence-electron chi connectivity index (χ2n) is 8.25. The largest absolute Gasteiger partial charge is 0.495 e. The van der Waals surface area contributed by atoms with Gasteiger partial charge in [-0.25, -0.2) is 0 Å². The summed E-state index contributed by atoms with van der Waals surface area (Å²) >= 11 is 0. The van der Waals surface area contributed by atoms with E-state index in [1.807, 2.05) is 12.1 Å². The first-order chi connectivity index (χ1) is 16.6. The summed E-state index contributed by atoms with van der Waals surface area (Å²) in [5.41, 5.74) is 5.41. The number of aryl methyl sites for hydroxylation is 2. The van der Waals surface area contributed by atoms with Gasteiger partial charge in [-0.1, -0.05) is 36.4 Å². The second kappa shape index (κ2) is 9.27. The Hall–Kier alpha value is -4.32. The van der Waals surface area contributed by atoms with Crippen LogP contribution in [0.5, 0.6) is 5.75 Å². The molecule has 0 atom stereocenters. The Bertz CT molecular complexity index is 1370. The van der Waals surface area contributed by atoms with Gasteiger partial charge in [0.1, 0.15) is 5.75 Å². The summed E-state index contributed by atoms with van der Waals surface area (Å²) in [5, 5.41) is 11.5. The molecule has 2 amide bonds. The van der Waals surface area contributed by atoms with Gasteiger partial charge < -0.3 is 20.7 Å². The lowest BCUT2D eigenvalue weighted by Gasteiger charge is -2.12. The molecule has 6 nitrogen and oxygen atoms in total. The highest BCUT2D eigenvalue weighted by molar-refractivity contribution is 6.05. The van der Waals surface area contributed by atoms with Crippen molar-refractivity contribution in [3.63, 3.8) is 0 Å². The van der Waals surface area contributed by atoms with Crippen LogP contribution in [-0.4, -0.2) is 25.5 Å². The van der Waals surface area contributed by atoms with Crippen LogP contribution in [0, 0.1) is 0 Å². The van der Waals surface area contributed by atoms with Gasteiger partial charge in [0.25, 0.3) is 5.91 Å². The number of hydrogen-bond donors (Lipinski definition) is 3. The first-order valence-corrected chi connectivity index (χ1v) is 11.2. The van der Waals surface area contributed by atoms with E-state index in [4.69, 9.17) is 4.74 Å². The monoisotopic (exact) mass is 451 g/mol. The minimum Gasteiger partial charge on any atom is -0.495 e. The third-order valence-electron chi connectivity index (χ3n) is 6.10. The molecule has 3 N–H and O–H groups in total. The first kappa shape index (κ1) is 21.5. The fraction of sp³-hybridized carbons (Fsp3) is 0.143. The Morgan fingerprint density at radius 2 is 1.56 bits per heavy atom. The number of benzene rings is 4. The van der Waals surface area contributed by atoms with E-state index in [0.29, 0.717) is 22.7 Å². The molecule has 1 aliphatic rings. The Balaban J connectivity index is 1.20. The van der Waals surface area contributed by atoms with E-state index >= 15 is 0 Å². The number of nitrogens with one attached hydrogen (secondary N) is 3. The number of hydrogen-bond acceptors (Lipinski definition) is 4. The van der Waals surface area contributed by atoms with E-state index in [0.717, 1.165) is 23.9 Å². The van der Waals surface area contributed by atoms with Crippen molar-refractivity contribution in [3.05, 3.63) is 95.6 Å². The zero-order chi connectivity index (χ0) is 23.5. The number of carbonyl (C=O) groups excluding carboxylic acids is 2. The van der Waals surface area contributed by atoms with Crippen LogP contribution in [0.1, 0.15) is 21.5 Å². The third kappa shape index (κ3) is 4.30. The van der Waals surface area contributed by atoms with Gasteiger partial charge >= 0.3 is 0 Å². The average Bonchev–Trinajstić information content (AvgIpc) is 3.29. The lowest BCUT2D eigenvalue weighted by molar-refractivity contribution is -0.114. The molecule has 0 fully saturated rings. The lowest BCUT2D eigenvalue weighted by Crippen LogP contribution is -2.22. The van der Waals surface area contributed by atoms with Crippen LogP contribution >= 0.6 is 0 Å². The molecule has 4 aromatic carbocycles. The van der Waals surface area contributed by atoms with E-state index in [-0.39, 0.29) is 18.4 Å². The molecule has 0 heterocycles. The van der Waals surface area contributed by atoms with Crippen molar-refractivity contribution < 1.29 is 14.3 Å². The number of rotatable bonds is 7. The van der Waals surface area contributed by atoms with Gasteiger partial charge in [0.15, 0.2) is 0 Å². The summed E-state index contributed by atoms with van der Waals surface area (Å²) in [4.78, 5) is 25.1. The van der Waals surface area contributed by atoms with E-state index < -0.39 is 0 Å². The van der Waals surface area contributed by atoms with Gasteiger partial charge in [-0.05, 0) is 71.8 Å². The van der Waals surface area contributed by atoms with Crippen LogP contribution in [-0.2, 0) is 17.6 Å². The number of amides is 2. The molecule has 0 bridgehead atoms. The van der Waals surface area contributed by atoms with Crippen molar-refractivity contribution in [1.29, 1.82) is 0 Å². The van der Waals surface area contributed by atoms with Crippen molar-refractivity contribution in [3.8, 4) is 5.75 Å². The fourth-order valence-electron chi connectivity index (χ4n) is 4.43. The van der Waals surface area contributed by atoms with Crippen molar-refractivity contribution in [2.45, 2.75) is 12.8 Å². The summed E-state index contributed by atoms with van der Waals surface area (Å²) in [7, 11) is 1.56. The van der Waals surface area contributed by atoms with Gasteiger partial charge in [-0.2, -0.15) is 0 Å². The molecule has 0 radical (unpaired) electrons. The van der Waals surface area contributed by atoms with Crippen LogP contribution < -0.4 is 20.7 Å². The molecule has 0 aliphatic heterocycles. The number of methoxy groups -OCH3 is 1. The zero-order valence-electron chi connectivity index (χ0n) is 18.9. The Labute approximate surface area is 197 Å². The van der Waals surface area contributed by atoms with Crippen LogP contribution in [0.25, 0.3) is 10.8 Å². The molecule has 170 valence electrons. The number of carbonyl (C=O) groups is 2. The van der Waals surface area contributed by atoms with Crippen molar-refractivity contribution in [2.24, 2.45) is 0 Å². The molecule has 0 aromatic heterocycles. The maximum atomic E-state index is 12.6. The summed E-state index contributed by atoms with van der Waals surface area (Å²) in [5.74, 6) is 0.179. The number of ether oxygens (including phenoxy) is 1. The number of para-hydroxylation sites is 2. The highest BCUT2D eigenvalue weighted by Crippen LogP contribution is 2.34. The molecule has 34 heavy (non-hydrogen) atoms. The van der Waals surface area contributed by atoms with Gasteiger partial charge in [0, 0.05) is 22.3 Å². The van der Waals surface area contributed by atoms with Crippen molar-refractivity contribution >= 4 is 39.6 Å². The molecule has 0 spiro atoms. The predicted octanol–water partition coefficient (Wildman–Crippen LogP) is 5.25. The van der Waals surface area contributed by atoms with Crippen LogP contribution in [0.15, 0.2) is 78.9 Å². The molecule has 4 aromatic rings. The lowest BCUT2D eigenvalue weighted by atomic mass is 10.0. The summed E-state index contributed by atoms with van der Waals surface area (Å²) in [6.45, 7) is 0.148. The second-order valence-corrected chi connectivity index (χ2v) is 8.25. The fourth-order valence-corrected chi connectivity index (χ4v) is 4.43. The maximum absolute atomic E-state index is 12.6. The van der Waals surface area contributed by atoms with Crippen LogP contribution in [0.4, 0.5) is 17.1 Å². The van der Waals surface area contributed by atoms with Gasteiger partial charge in [-0.3, -0.25) is 9.59 Å². The minimum atomic E-state index is -0.254. The van der Waals surface area contributed by atoms with Gasteiger partial charge in [0.05, 0.1) is 19.3 Å². The summed E-state index contributed by atoms with van der Waals surface area (Å²) in [6.07, 6.45) is 2.15. The summed E-state index contributed by atoms with van der Waals surface area (Å²) < 4.78 is 5.27. The normalized spacial score (nSPS) is 11.8. The Morgan fingerprint density at radius 3 is 2.35 bits per heavy atom. The topological polar surface area (TPSA) is 79.5 Å². The summed E-state index contributed by atoms with van der Waals surface area (Å²) in [6, 6.07) is 24.6. The minimum absolute atomic E-state index is 0.148. The smallest absolute Gasteiger partial charge is 0.255 e. The zero-order valence-corrected chi connectivity index (χ0v) is 18.9. The SMILES string of the molecule is COc1ccccc1NC(=O)c1ccc(NC(=O)CNc2ccc3c4c(cccc24)CC3)cc1. The molecule has 0 saturated carbocycles. The molecule has 5 rings (SSSR count). The van der Waals surface area contributed by atoms with E-state index in [9.17, 15) is 9.59 Å². The standard InChI is InChI=1S/C28H25N3O3/c1-34-25-8-3-2-7-24(25)31-28(33)20-11-14-21(15-12-20)30-26(32)17-29-23-16-13-19-10-9-18-5-4-6-22(23)27(18)19/h2-8,11-16,29H,9-10,17H2,1H3,(H,30,32)(H,31,33). The molecular weight excluding hydrogens is 426 g/mol. The molecule has 1 aliphatic carbocycles. The molecule has 6 heteroatoms. The first-order valence-electron chi connectivity index (χ1n) is 11.2. The van der Waals surface area contributed by atoms with Crippen LogP contribution in [0.2, 0.25) is 0 Å². The van der Waals surface area contributed by atoms with E-state index in [1.165, 1.54) is 16.5 Å². The molecular formula is C28H25N3O3. The predicted molar refractivity (Wildman–Crippen MR) is 136 cm³/mol. The third-order valence-corrected chi connectivity index (χ3v) is 6.10. The quantitative estimate of drug-likeness (QED) is 0.359. The molecule has 0 saturated heterocycles. The Morgan fingerprint density at radius 1 is 0.794 bits per heavy atom. The van der Waals surface area contributed by atoms with Crippen molar-refractivity contribution in [1.82, 2.24) is 0 Å². The van der Waals surface area contributed by atoms with Gasteiger partial charge in [0.2, 0.25) is 5.91 Å². The highest BCUT2D eigenvalue weighted by atomic mass is 16.5. The van der Waals surface area contributed by atoms with E-state index in [1.54, 1.807) is 43.5 Å². The van der Waals surface area contributed by atoms with E-state index in [2.05, 4.69) is 46.3 Å². The van der Waals surface area contributed by atoms with Gasteiger partial charge in [-0.15, -0.1) is 0 Å². The highest BCUT2D eigenvalue weighted by Gasteiger charge is 2.16. The average molecular weight is 452 g/mol. The van der Waals surface area contributed by atoms with Crippen molar-refractivity contribution in [2.75, 3.05) is 29.6 Å². The number of anilines is 3. The van der Waals surface area contributed by atoms with Crippen LogP contribution in [0.3, 0.4) is 0 Å².